The van der Waals surface area contributed by atoms with Crippen LogP contribution in [0.2, 0.25) is 0 Å². The minimum atomic E-state index is -0.857. The first-order chi connectivity index (χ1) is 9.61. The van der Waals surface area contributed by atoms with Crippen molar-refractivity contribution in [1.82, 2.24) is 0 Å². The Morgan fingerprint density at radius 2 is 2.20 bits per heavy atom. The highest BCUT2D eigenvalue weighted by Crippen LogP contribution is 2.27. The Balaban J connectivity index is 2.25. The third-order valence-corrected chi connectivity index (χ3v) is 3.18. The van der Waals surface area contributed by atoms with Gasteiger partial charge < -0.3 is 14.3 Å². The first-order valence-electron chi connectivity index (χ1n) is 6.60. The van der Waals surface area contributed by atoms with E-state index >= 15 is 0 Å². The van der Waals surface area contributed by atoms with E-state index in [1.165, 1.54) is 0 Å². The summed E-state index contributed by atoms with van der Waals surface area (Å²) < 4.78 is 10.7. The normalized spacial score (nSPS) is 12.1. The Labute approximate surface area is 118 Å². The first-order valence-corrected chi connectivity index (χ1v) is 6.60. The van der Waals surface area contributed by atoms with Crippen LogP contribution in [-0.2, 0) is 11.2 Å². The van der Waals surface area contributed by atoms with Gasteiger partial charge in [0.05, 0.1) is 18.8 Å². The zero-order valence-electron chi connectivity index (χ0n) is 11.6. The molecular weight excluding hydrogens is 256 g/mol. The molecule has 1 aromatic carbocycles. The topological polar surface area (TPSA) is 59.7 Å². The summed E-state index contributed by atoms with van der Waals surface area (Å²) in [5.41, 5.74) is 1.70. The number of aryl methyl sites for hydroxylation is 1. The van der Waals surface area contributed by atoms with E-state index in [0.29, 0.717) is 18.8 Å². The van der Waals surface area contributed by atoms with Crippen molar-refractivity contribution in [2.24, 2.45) is 0 Å². The average molecular weight is 274 g/mol. The van der Waals surface area contributed by atoms with E-state index < -0.39 is 11.9 Å². The monoisotopic (exact) mass is 274 g/mol. The minimum Gasteiger partial charge on any atom is -0.494 e. The lowest BCUT2D eigenvalue weighted by atomic mass is 9.93. The van der Waals surface area contributed by atoms with E-state index in [2.05, 4.69) is 0 Å². The molecule has 0 aliphatic heterocycles. The van der Waals surface area contributed by atoms with E-state index in [1.54, 1.807) is 24.5 Å². The van der Waals surface area contributed by atoms with Crippen LogP contribution >= 0.6 is 0 Å². The lowest BCUT2D eigenvalue weighted by molar-refractivity contribution is -0.138. The SMILES string of the molecule is CCOc1ccc(C(Cc2ccco2)C(=O)O)cc1C. The Morgan fingerprint density at radius 3 is 2.75 bits per heavy atom. The third kappa shape index (κ3) is 3.20. The maximum atomic E-state index is 11.5. The van der Waals surface area contributed by atoms with Crippen molar-refractivity contribution in [3.05, 3.63) is 53.5 Å². The molecular formula is C16H18O4. The zero-order valence-corrected chi connectivity index (χ0v) is 11.6. The van der Waals surface area contributed by atoms with Crippen molar-refractivity contribution in [1.29, 1.82) is 0 Å². The Hall–Kier alpha value is -2.23. The van der Waals surface area contributed by atoms with Gasteiger partial charge in [-0.05, 0) is 43.2 Å². The van der Waals surface area contributed by atoms with Crippen molar-refractivity contribution in [3.8, 4) is 5.75 Å². The predicted octanol–water partition coefficient (Wildman–Crippen LogP) is 3.40. The van der Waals surface area contributed by atoms with Crippen LogP contribution in [0.1, 0.15) is 29.7 Å². The van der Waals surface area contributed by atoms with Gasteiger partial charge in [-0.3, -0.25) is 4.79 Å². The number of rotatable bonds is 6. The standard InChI is InChI=1S/C16H18O4/c1-3-19-15-7-6-12(9-11(15)2)14(16(17)18)10-13-5-4-8-20-13/h4-9,14H,3,10H2,1-2H3,(H,17,18). The minimum absolute atomic E-state index is 0.343. The van der Waals surface area contributed by atoms with Crippen molar-refractivity contribution in [2.45, 2.75) is 26.2 Å². The lowest BCUT2D eigenvalue weighted by Gasteiger charge is -2.14. The Bertz CT molecular complexity index is 572. The molecule has 1 aromatic heterocycles. The molecule has 2 rings (SSSR count). The maximum Gasteiger partial charge on any atom is 0.311 e. The van der Waals surface area contributed by atoms with Gasteiger partial charge in [-0.15, -0.1) is 0 Å². The van der Waals surface area contributed by atoms with Crippen LogP contribution in [0.5, 0.6) is 5.75 Å². The highest BCUT2D eigenvalue weighted by Gasteiger charge is 2.22. The van der Waals surface area contributed by atoms with Gasteiger partial charge in [0.2, 0.25) is 0 Å². The van der Waals surface area contributed by atoms with Gasteiger partial charge in [-0.25, -0.2) is 0 Å². The second kappa shape index (κ2) is 6.28. The molecule has 4 heteroatoms. The molecule has 0 fully saturated rings. The van der Waals surface area contributed by atoms with Gasteiger partial charge in [0.25, 0.3) is 0 Å². The highest BCUT2D eigenvalue weighted by atomic mass is 16.5. The summed E-state index contributed by atoms with van der Waals surface area (Å²) in [6.45, 7) is 4.43. The molecule has 0 amide bonds. The third-order valence-electron chi connectivity index (χ3n) is 3.18. The second-order valence-electron chi connectivity index (χ2n) is 4.63. The summed E-state index contributed by atoms with van der Waals surface area (Å²) in [5.74, 6) is -0.0113. The second-order valence-corrected chi connectivity index (χ2v) is 4.63. The fourth-order valence-corrected chi connectivity index (χ4v) is 2.18. The highest BCUT2D eigenvalue weighted by molar-refractivity contribution is 5.76. The molecule has 1 heterocycles. The molecule has 0 aliphatic rings. The molecule has 4 nitrogen and oxygen atoms in total. The molecule has 1 unspecified atom stereocenters. The fraction of sp³-hybridized carbons (Fsp3) is 0.312. The van der Waals surface area contributed by atoms with E-state index in [9.17, 15) is 9.90 Å². The number of aliphatic carboxylic acids is 1. The molecule has 0 aliphatic carbocycles. The van der Waals surface area contributed by atoms with Gasteiger partial charge in [-0.1, -0.05) is 12.1 Å². The molecule has 0 saturated heterocycles. The summed E-state index contributed by atoms with van der Waals surface area (Å²) in [6.07, 6.45) is 1.90. The van der Waals surface area contributed by atoms with Crippen molar-refractivity contribution < 1.29 is 19.1 Å². The largest absolute Gasteiger partial charge is 0.494 e. The number of benzene rings is 1. The van der Waals surface area contributed by atoms with E-state index in [-0.39, 0.29) is 0 Å². The Morgan fingerprint density at radius 1 is 1.40 bits per heavy atom. The van der Waals surface area contributed by atoms with Crippen LogP contribution in [0.25, 0.3) is 0 Å². The van der Waals surface area contributed by atoms with E-state index in [4.69, 9.17) is 9.15 Å². The quantitative estimate of drug-likeness (QED) is 0.877. The molecule has 0 bridgehead atoms. The smallest absolute Gasteiger partial charge is 0.311 e. The number of carboxylic acids is 1. The summed E-state index contributed by atoms with van der Waals surface area (Å²) in [6, 6.07) is 9.05. The molecule has 106 valence electrons. The number of furan rings is 1. The first kappa shape index (κ1) is 14.2. The zero-order chi connectivity index (χ0) is 14.5. The maximum absolute atomic E-state index is 11.5. The van der Waals surface area contributed by atoms with E-state index in [0.717, 1.165) is 16.9 Å². The average Bonchev–Trinajstić information content (AvgIpc) is 2.91. The van der Waals surface area contributed by atoms with Gasteiger partial charge in [0.1, 0.15) is 11.5 Å². The Kier molecular flexibility index (Phi) is 4.45. The summed E-state index contributed by atoms with van der Waals surface area (Å²) in [5, 5.41) is 9.42. The molecule has 1 N–H and O–H groups in total. The van der Waals surface area contributed by atoms with Gasteiger partial charge >= 0.3 is 5.97 Å². The van der Waals surface area contributed by atoms with Crippen molar-refractivity contribution >= 4 is 5.97 Å². The lowest BCUT2D eigenvalue weighted by Crippen LogP contribution is -2.14. The number of carbonyl (C=O) groups is 1. The molecule has 20 heavy (non-hydrogen) atoms. The van der Waals surface area contributed by atoms with Crippen LogP contribution < -0.4 is 4.74 Å². The molecule has 1 atom stereocenters. The molecule has 0 spiro atoms. The van der Waals surface area contributed by atoms with E-state index in [1.807, 2.05) is 26.0 Å². The van der Waals surface area contributed by atoms with Crippen LogP contribution in [0.3, 0.4) is 0 Å². The van der Waals surface area contributed by atoms with Gasteiger partial charge in [-0.2, -0.15) is 0 Å². The van der Waals surface area contributed by atoms with Crippen LogP contribution in [0.15, 0.2) is 41.0 Å². The van der Waals surface area contributed by atoms with Crippen LogP contribution in [0, 0.1) is 6.92 Å². The predicted molar refractivity (Wildman–Crippen MR) is 75.1 cm³/mol. The van der Waals surface area contributed by atoms with Crippen molar-refractivity contribution in [3.63, 3.8) is 0 Å². The van der Waals surface area contributed by atoms with Crippen LogP contribution in [-0.4, -0.2) is 17.7 Å². The summed E-state index contributed by atoms with van der Waals surface area (Å²) >= 11 is 0. The number of ether oxygens (including phenoxy) is 1. The molecule has 2 aromatic rings. The molecule has 0 radical (unpaired) electrons. The van der Waals surface area contributed by atoms with Gasteiger partial charge in [0, 0.05) is 6.42 Å². The van der Waals surface area contributed by atoms with Crippen LogP contribution in [0.4, 0.5) is 0 Å². The fourth-order valence-electron chi connectivity index (χ4n) is 2.18. The van der Waals surface area contributed by atoms with Gasteiger partial charge in [0.15, 0.2) is 0 Å². The number of carboxylic acid groups (broad SMARTS) is 1. The number of hydrogen-bond acceptors (Lipinski definition) is 3. The van der Waals surface area contributed by atoms with Crippen molar-refractivity contribution in [2.75, 3.05) is 6.61 Å². The summed E-state index contributed by atoms with van der Waals surface area (Å²) in [7, 11) is 0. The number of hydrogen-bond donors (Lipinski definition) is 1. The molecule has 0 saturated carbocycles. The summed E-state index contributed by atoms with van der Waals surface area (Å²) in [4.78, 5) is 11.5.